The van der Waals surface area contributed by atoms with Crippen molar-refractivity contribution in [1.82, 2.24) is 15.1 Å². The lowest BCUT2D eigenvalue weighted by molar-refractivity contribution is -0.186. The lowest BCUT2D eigenvalue weighted by Crippen LogP contribution is -2.70. The van der Waals surface area contributed by atoms with E-state index in [2.05, 4.69) is 10.2 Å². The molecule has 2 saturated heterocycles. The van der Waals surface area contributed by atoms with Crippen LogP contribution in [0.3, 0.4) is 0 Å². The second-order valence-corrected chi connectivity index (χ2v) is 16.1. The first-order chi connectivity index (χ1) is 25.9. The Kier molecular flexibility index (Phi) is 8.21. The number of phenols is 2. The second-order valence-electron chi connectivity index (χ2n) is 14.9. The van der Waals surface area contributed by atoms with Gasteiger partial charge in [0.05, 0.1) is 37.6 Å². The maximum Gasteiger partial charge on any atom is 0.331 e. The molecule has 0 amide bonds. The molecular weight excluding hydrogens is 719 g/mol. The standard InChI is InChI=1S/C39H43N3O11S/c1-16-9-20-10-22-37(46)42-23-13-50-38(47)39(21-12-25(48-5)24(44)11-19(21)7-8-40-39)14-54-36(30(42)29(41(22)4)26(20)31(45)32(16)49-6)28-27(23)35-34(51-15-52-35)17(2)33(28)53-18(3)43/h9,11-12,22-23,29-30,36-37,40,44-46H,7-8,10,13-15H2,1-6H3/t22-,23-,29+,30?,36+,37-,39-/m0/s1. The Labute approximate surface area is 316 Å². The molecule has 286 valence electrons. The number of aliphatic hydroxyl groups is 1. The van der Waals surface area contributed by atoms with E-state index in [-0.39, 0.29) is 42.4 Å². The third-order valence-electron chi connectivity index (χ3n) is 12.3. The van der Waals surface area contributed by atoms with Crippen LogP contribution in [0.2, 0.25) is 0 Å². The average Bonchev–Trinajstić information content (AvgIpc) is 3.63. The van der Waals surface area contributed by atoms with Crippen LogP contribution >= 0.6 is 11.8 Å². The zero-order valence-electron chi connectivity index (χ0n) is 30.8. The predicted molar refractivity (Wildman–Crippen MR) is 195 cm³/mol. The SMILES string of the molecule is COc1cc2c(cc1O)CCN[C@@]21CS[C@@H]2c3c(OC(C)=O)c(C)c4c(c3[C@H](COC1=O)N1C2[C@H]2c3c(cc(C)c(OC)c3O)C[C@@H]([C@@H]1O)N2C)OCO4. The van der Waals surface area contributed by atoms with Gasteiger partial charge in [0.15, 0.2) is 40.0 Å². The van der Waals surface area contributed by atoms with Crippen LogP contribution in [0, 0.1) is 13.8 Å². The highest BCUT2D eigenvalue weighted by molar-refractivity contribution is 7.99. The van der Waals surface area contributed by atoms with E-state index in [1.54, 1.807) is 12.1 Å². The normalized spacial score (nSPS) is 29.4. The first-order valence-electron chi connectivity index (χ1n) is 18.1. The van der Waals surface area contributed by atoms with Crippen LogP contribution in [0.25, 0.3) is 0 Å². The topological polar surface area (TPSA) is 169 Å². The number of esters is 2. The zero-order valence-corrected chi connectivity index (χ0v) is 31.7. The van der Waals surface area contributed by atoms with Gasteiger partial charge in [-0.2, -0.15) is 0 Å². The van der Waals surface area contributed by atoms with E-state index >= 15 is 0 Å². The predicted octanol–water partition coefficient (Wildman–Crippen LogP) is 3.41. The van der Waals surface area contributed by atoms with Gasteiger partial charge in [-0.05, 0) is 68.1 Å². The third kappa shape index (κ3) is 4.74. The molecule has 14 nitrogen and oxygen atoms in total. The van der Waals surface area contributed by atoms with Crippen molar-refractivity contribution in [3.8, 4) is 40.2 Å². The van der Waals surface area contributed by atoms with Crippen molar-refractivity contribution >= 4 is 23.7 Å². The maximum atomic E-state index is 14.7. The monoisotopic (exact) mass is 761 g/mol. The number of phenolic OH excluding ortho intramolecular Hbond substituents is 2. The number of ether oxygens (including phenoxy) is 6. The highest BCUT2D eigenvalue weighted by Crippen LogP contribution is 2.64. The Balaban J connectivity index is 1.32. The molecule has 1 unspecified atom stereocenters. The molecule has 10 rings (SSSR count). The molecule has 15 heteroatoms. The number of likely N-dealkylation sites (N-methyl/N-ethyl adjacent to an activating group) is 1. The number of rotatable bonds is 3. The summed E-state index contributed by atoms with van der Waals surface area (Å²) < 4.78 is 35.9. The zero-order chi connectivity index (χ0) is 38.0. The number of hydrogen-bond acceptors (Lipinski definition) is 15. The van der Waals surface area contributed by atoms with Crippen molar-refractivity contribution in [2.75, 3.05) is 47.0 Å². The number of carbonyl (C=O) groups is 2. The van der Waals surface area contributed by atoms with Gasteiger partial charge in [0.2, 0.25) is 6.79 Å². The van der Waals surface area contributed by atoms with Crippen molar-refractivity contribution < 1.29 is 53.3 Å². The molecule has 7 atom stereocenters. The number of aromatic hydroxyl groups is 2. The molecule has 2 fully saturated rings. The molecule has 4 bridgehead atoms. The quantitative estimate of drug-likeness (QED) is 0.226. The summed E-state index contributed by atoms with van der Waals surface area (Å²) in [5.74, 6) is 0.949. The van der Waals surface area contributed by atoms with Gasteiger partial charge in [0, 0.05) is 47.5 Å². The first-order valence-corrected chi connectivity index (χ1v) is 19.1. The number of benzene rings is 3. The van der Waals surface area contributed by atoms with Crippen LogP contribution in [0.4, 0.5) is 0 Å². The summed E-state index contributed by atoms with van der Waals surface area (Å²) in [6, 6.07) is 3.13. The largest absolute Gasteiger partial charge is 0.504 e. The molecular formula is C39H43N3O11S. The minimum atomic E-state index is -1.36. The van der Waals surface area contributed by atoms with Crippen LogP contribution in [0.15, 0.2) is 18.2 Å². The highest BCUT2D eigenvalue weighted by atomic mass is 32.2. The van der Waals surface area contributed by atoms with Crippen molar-refractivity contribution in [3.05, 3.63) is 62.7 Å². The summed E-state index contributed by atoms with van der Waals surface area (Å²) in [5.41, 5.74) is 4.36. The van der Waals surface area contributed by atoms with Crippen LogP contribution < -0.4 is 29.0 Å². The Morgan fingerprint density at radius 1 is 1.02 bits per heavy atom. The van der Waals surface area contributed by atoms with E-state index in [0.29, 0.717) is 70.2 Å². The van der Waals surface area contributed by atoms with Crippen molar-refractivity contribution in [2.45, 2.75) is 74.8 Å². The summed E-state index contributed by atoms with van der Waals surface area (Å²) in [6.07, 6.45) is -0.0282. The Bertz CT molecular complexity index is 2130. The lowest BCUT2D eigenvalue weighted by atomic mass is 9.73. The van der Waals surface area contributed by atoms with Crippen LogP contribution in [0.1, 0.15) is 68.8 Å². The summed E-state index contributed by atoms with van der Waals surface area (Å²) in [5, 5.41) is 38.2. The fourth-order valence-electron chi connectivity index (χ4n) is 10.00. The van der Waals surface area contributed by atoms with Gasteiger partial charge in [-0.1, -0.05) is 6.07 Å². The van der Waals surface area contributed by atoms with E-state index in [4.69, 9.17) is 28.4 Å². The molecule has 3 aromatic rings. The van der Waals surface area contributed by atoms with Crippen molar-refractivity contribution in [1.29, 1.82) is 0 Å². The van der Waals surface area contributed by atoms with Crippen LogP contribution in [-0.2, 0) is 32.7 Å². The number of nitrogens with one attached hydrogen (secondary N) is 1. The van der Waals surface area contributed by atoms with Gasteiger partial charge in [0.25, 0.3) is 0 Å². The van der Waals surface area contributed by atoms with Crippen LogP contribution in [0.5, 0.6) is 40.2 Å². The number of fused-ring (bicyclic) bond motifs is 9. The molecule has 3 aromatic carbocycles. The van der Waals surface area contributed by atoms with Gasteiger partial charge >= 0.3 is 11.9 Å². The molecule has 54 heavy (non-hydrogen) atoms. The third-order valence-corrected chi connectivity index (χ3v) is 13.7. The molecule has 7 heterocycles. The molecule has 0 radical (unpaired) electrons. The van der Waals surface area contributed by atoms with Gasteiger partial charge in [-0.3, -0.25) is 19.9 Å². The van der Waals surface area contributed by atoms with E-state index in [0.717, 1.165) is 16.7 Å². The lowest BCUT2D eigenvalue weighted by Gasteiger charge is -2.62. The maximum absolute atomic E-state index is 14.7. The number of aliphatic hydroxyl groups excluding tert-OH is 1. The Morgan fingerprint density at radius 2 is 1.80 bits per heavy atom. The van der Waals surface area contributed by atoms with E-state index in [1.807, 2.05) is 31.9 Å². The summed E-state index contributed by atoms with van der Waals surface area (Å²) in [6.45, 7) is 5.26. The van der Waals surface area contributed by atoms with Crippen molar-refractivity contribution in [3.63, 3.8) is 0 Å². The molecule has 4 N–H and O–H groups in total. The molecule has 0 aromatic heterocycles. The molecule has 0 saturated carbocycles. The fraction of sp³-hybridized carbons (Fsp3) is 0.487. The molecule has 1 spiro atoms. The Hall–Kier alpha value is -4.41. The number of carbonyl (C=O) groups excluding carboxylic acids is 2. The Morgan fingerprint density at radius 3 is 2.54 bits per heavy atom. The first kappa shape index (κ1) is 35.3. The number of aryl methyl sites for hydroxylation is 1. The second kappa shape index (κ2) is 12.6. The summed E-state index contributed by atoms with van der Waals surface area (Å²) in [7, 11) is 4.96. The van der Waals surface area contributed by atoms with E-state index in [1.165, 1.54) is 32.9 Å². The molecule has 7 aliphatic heterocycles. The minimum absolute atomic E-state index is 0.0226. The average molecular weight is 762 g/mol. The number of methoxy groups -OCH3 is 2. The van der Waals surface area contributed by atoms with Gasteiger partial charge < -0.3 is 43.7 Å². The smallest absolute Gasteiger partial charge is 0.331 e. The molecule has 0 aliphatic carbocycles. The van der Waals surface area contributed by atoms with E-state index in [9.17, 15) is 24.9 Å². The number of piperazine rings is 1. The number of nitrogens with zero attached hydrogens (tertiary/aromatic N) is 2. The highest BCUT2D eigenvalue weighted by Gasteiger charge is 2.61. The summed E-state index contributed by atoms with van der Waals surface area (Å²) in [4.78, 5) is 31.7. The fourth-order valence-corrected chi connectivity index (χ4v) is 11.7. The van der Waals surface area contributed by atoms with Crippen LogP contribution in [-0.4, -0.2) is 102 Å². The number of hydrogen-bond donors (Lipinski definition) is 4. The number of thioether (sulfide) groups is 1. The van der Waals surface area contributed by atoms with Crippen molar-refractivity contribution in [2.24, 2.45) is 0 Å². The minimum Gasteiger partial charge on any atom is -0.504 e. The summed E-state index contributed by atoms with van der Waals surface area (Å²) >= 11 is 1.47. The molecule has 7 aliphatic rings. The van der Waals surface area contributed by atoms with Gasteiger partial charge in [0.1, 0.15) is 18.6 Å². The van der Waals surface area contributed by atoms with E-state index < -0.39 is 47.1 Å². The van der Waals surface area contributed by atoms with Gasteiger partial charge in [-0.15, -0.1) is 11.8 Å². The van der Waals surface area contributed by atoms with Gasteiger partial charge in [-0.25, -0.2) is 4.79 Å².